The van der Waals surface area contributed by atoms with Crippen LogP contribution in [0.15, 0.2) is 18.2 Å². The Kier molecular flexibility index (Phi) is 5.14. The van der Waals surface area contributed by atoms with Crippen molar-refractivity contribution in [3.8, 4) is 0 Å². The van der Waals surface area contributed by atoms with Crippen LogP contribution in [0, 0.1) is 10.1 Å². The maximum Gasteiger partial charge on any atom is 0.300 e. The average Bonchev–Trinajstić information content (AvgIpc) is 2.46. The van der Waals surface area contributed by atoms with Gasteiger partial charge in [0.1, 0.15) is 10.6 Å². The van der Waals surface area contributed by atoms with Gasteiger partial charge in [0, 0.05) is 19.7 Å². The molecule has 1 aliphatic heterocycles. The highest BCUT2D eigenvalue weighted by Gasteiger charge is 2.30. The molecular weight excluding hydrogens is 296 g/mol. The highest BCUT2D eigenvalue weighted by molar-refractivity contribution is 6.33. The highest BCUT2D eigenvalue weighted by atomic mass is 35.5. The number of ether oxygens (including phenoxy) is 1. The van der Waals surface area contributed by atoms with Crippen LogP contribution in [0.5, 0.6) is 0 Å². The number of benzene rings is 1. The summed E-state index contributed by atoms with van der Waals surface area (Å²) in [5, 5.41) is 11.1. The fourth-order valence-electron chi connectivity index (χ4n) is 2.54. The average molecular weight is 313 g/mol. The number of rotatable bonds is 4. The molecular formula is C14H17ClN2O4. The summed E-state index contributed by atoms with van der Waals surface area (Å²) in [6.07, 6.45) is 1.71. The summed E-state index contributed by atoms with van der Waals surface area (Å²) < 4.78 is 5.55. The molecule has 0 spiro atoms. The molecule has 0 aliphatic carbocycles. The number of para-hydroxylation sites is 1. The number of nitro benzene ring substituents is 1. The van der Waals surface area contributed by atoms with Crippen molar-refractivity contribution in [2.24, 2.45) is 0 Å². The minimum absolute atomic E-state index is 0.00839. The summed E-state index contributed by atoms with van der Waals surface area (Å²) in [6, 6.07) is 4.40. The van der Waals surface area contributed by atoms with E-state index < -0.39 is 4.92 Å². The number of carbonyl (C=O) groups is 1. The zero-order valence-corrected chi connectivity index (χ0v) is 12.5. The molecule has 21 heavy (non-hydrogen) atoms. The lowest BCUT2D eigenvalue weighted by Gasteiger charge is -2.32. The quantitative estimate of drug-likeness (QED) is 0.633. The Hall–Kier alpha value is -1.66. The zero-order valence-electron chi connectivity index (χ0n) is 11.8. The second kappa shape index (κ2) is 6.87. The van der Waals surface area contributed by atoms with E-state index in [1.54, 1.807) is 11.0 Å². The smallest absolute Gasteiger partial charge is 0.300 e. The number of piperidine rings is 1. The third-order valence-electron chi connectivity index (χ3n) is 3.47. The van der Waals surface area contributed by atoms with Crippen LogP contribution in [0.4, 0.5) is 5.69 Å². The van der Waals surface area contributed by atoms with Crippen LogP contribution in [0.3, 0.4) is 0 Å². The minimum Gasteiger partial charge on any atom is -0.377 e. The Bertz CT molecular complexity index is 548. The van der Waals surface area contributed by atoms with Gasteiger partial charge in [-0.3, -0.25) is 14.9 Å². The van der Waals surface area contributed by atoms with E-state index in [4.69, 9.17) is 16.3 Å². The molecule has 1 saturated heterocycles. The predicted octanol–water partition coefficient (Wildman–Crippen LogP) is 2.89. The van der Waals surface area contributed by atoms with Gasteiger partial charge in [0.2, 0.25) is 0 Å². The van der Waals surface area contributed by atoms with E-state index in [-0.39, 0.29) is 28.3 Å². The van der Waals surface area contributed by atoms with E-state index in [9.17, 15) is 14.9 Å². The van der Waals surface area contributed by atoms with Gasteiger partial charge >= 0.3 is 5.69 Å². The molecule has 1 aromatic rings. The second-order valence-electron chi connectivity index (χ2n) is 4.86. The van der Waals surface area contributed by atoms with Crippen LogP contribution < -0.4 is 0 Å². The van der Waals surface area contributed by atoms with Crippen molar-refractivity contribution in [2.45, 2.75) is 25.9 Å². The molecule has 6 nitrogen and oxygen atoms in total. The van der Waals surface area contributed by atoms with Gasteiger partial charge in [0.15, 0.2) is 0 Å². The fraction of sp³-hybridized carbons (Fsp3) is 0.500. The summed E-state index contributed by atoms with van der Waals surface area (Å²) in [5.41, 5.74) is -0.299. The Morgan fingerprint density at radius 3 is 3.00 bits per heavy atom. The number of likely N-dealkylation sites (tertiary alicyclic amines) is 1. The molecule has 1 heterocycles. The van der Waals surface area contributed by atoms with Crippen molar-refractivity contribution in [1.82, 2.24) is 4.90 Å². The van der Waals surface area contributed by atoms with Gasteiger partial charge in [0.05, 0.1) is 11.0 Å². The van der Waals surface area contributed by atoms with Crippen molar-refractivity contribution in [2.75, 3.05) is 19.7 Å². The molecule has 0 radical (unpaired) electrons. The van der Waals surface area contributed by atoms with Gasteiger partial charge in [-0.05, 0) is 31.9 Å². The van der Waals surface area contributed by atoms with Crippen LogP contribution in [-0.2, 0) is 4.74 Å². The topological polar surface area (TPSA) is 72.7 Å². The second-order valence-corrected chi connectivity index (χ2v) is 5.27. The van der Waals surface area contributed by atoms with Crippen LogP contribution in [0.2, 0.25) is 5.02 Å². The third-order valence-corrected chi connectivity index (χ3v) is 3.77. The number of hydrogen-bond acceptors (Lipinski definition) is 4. The number of hydrogen-bond donors (Lipinski definition) is 0. The van der Waals surface area contributed by atoms with E-state index in [1.807, 2.05) is 6.92 Å². The molecule has 7 heteroatoms. The van der Waals surface area contributed by atoms with E-state index in [0.29, 0.717) is 19.7 Å². The van der Waals surface area contributed by atoms with Crippen LogP contribution >= 0.6 is 11.6 Å². The van der Waals surface area contributed by atoms with Gasteiger partial charge < -0.3 is 9.64 Å². The first-order valence-electron chi connectivity index (χ1n) is 6.88. The molecule has 2 rings (SSSR count). The maximum atomic E-state index is 12.5. The van der Waals surface area contributed by atoms with E-state index in [1.165, 1.54) is 12.1 Å². The molecule has 1 aliphatic rings. The van der Waals surface area contributed by atoms with Crippen LogP contribution in [0.25, 0.3) is 0 Å². The number of nitrogens with zero attached hydrogens (tertiary/aromatic N) is 2. The molecule has 1 amide bonds. The largest absolute Gasteiger partial charge is 0.377 e. The van der Waals surface area contributed by atoms with Crippen molar-refractivity contribution < 1.29 is 14.5 Å². The van der Waals surface area contributed by atoms with E-state index in [0.717, 1.165) is 12.8 Å². The van der Waals surface area contributed by atoms with Crippen LogP contribution in [-0.4, -0.2) is 41.5 Å². The summed E-state index contributed by atoms with van der Waals surface area (Å²) in [5.74, 6) is -0.367. The number of amides is 1. The first-order valence-corrected chi connectivity index (χ1v) is 7.26. The van der Waals surface area contributed by atoms with Gasteiger partial charge in [-0.15, -0.1) is 0 Å². The lowest BCUT2D eigenvalue weighted by Crippen LogP contribution is -2.43. The molecule has 1 aromatic carbocycles. The monoisotopic (exact) mass is 312 g/mol. The normalized spacial score (nSPS) is 18.6. The fourth-order valence-corrected chi connectivity index (χ4v) is 2.78. The molecule has 1 fully saturated rings. The van der Waals surface area contributed by atoms with Gasteiger partial charge in [-0.2, -0.15) is 0 Å². The van der Waals surface area contributed by atoms with E-state index in [2.05, 4.69) is 0 Å². The van der Waals surface area contributed by atoms with Crippen LogP contribution in [0.1, 0.15) is 30.1 Å². The van der Waals surface area contributed by atoms with Crippen molar-refractivity contribution in [3.63, 3.8) is 0 Å². The van der Waals surface area contributed by atoms with Gasteiger partial charge in [-0.25, -0.2) is 0 Å². The number of nitro groups is 1. The number of halogens is 1. The highest BCUT2D eigenvalue weighted by Crippen LogP contribution is 2.29. The molecule has 0 N–H and O–H groups in total. The molecule has 0 saturated carbocycles. The first-order chi connectivity index (χ1) is 10.0. The van der Waals surface area contributed by atoms with E-state index >= 15 is 0 Å². The lowest BCUT2D eigenvalue weighted by molar-refractivity contribution is -0.385. The molecule has 0 aromatic heterocycles. The Morgan fingerprint density at radius 2 is 2.33 bits per heavy atom. The maximum absolute atomic E-state index is 12.5. The number of carbonyl (C=O) groups excluding carboxylic acids is 1. The summed E-state index contributed by atoms with van der Waals surface area (Å²) >= 11 is 5.85. The predicted molar refractivity (Wildman–Crippen MR) is 78.7 cm³/mol. The SMILES string of the molecule is CCOC1CCCN(C(=O)c2cccc(Cl)c2[N+](=O)[O-])C1. The van der Waals surface area contributed by atoms with Gasteiger partial charge in [0.25, 0.3) is 5.91 Å². The molecule has 0 bridgehead atoms. The van der Waals surface area contributed by atoms with Gasteiger partial charge in [-0.1, -0.05) is 17.7 Å². The van der Waals surface area contributed by atoms with Crippen molar-refractivity contribution in [1.29, 1.82) is 0 Å². The van der Waals surface area contributed by atoms with Crippen molar-refractivity contribution >= 4 is 23.2 Å². The minimum atomic E-state index is -0.612. The molecule has 1 atom stereocenters. The summed E-state index contributed by atoms with van der Waals surface area (Å²) in [6.45, 7) is 3.52. The molecule has 114 valence electrons. The standard InChI is InChI=1S/C14H17ClN2O4/c1-2-21-10-5-4-8-16(9-10)14(18)11-6-3-7-12(15)13(11)17(19)20/h3,6-7,10H,2,4-5,8-9H2,1H3. The summed E-state index contributed by atoms with van der Waals surface area (Å²) in [7, 11) is 0. The summed E-state index contributed by atoms with van der Waals surface area (Å²) in [4.78, 5) is 24.6. The molecule has 1 unspecified atom stereocenters. The first kappa shape index (κ1) is 15.7. The third kappa shape index (κ3) is 3.51. The zero-order chi connectivity index (χ0) is 15.4. The van der Waals surface area contributed by atoms with Crippen molar-refractivity contribution in [3.05, 3.63) is 38.9 Å². The Morgan fingerprint density at radius 1 is 1.57 bits per heavy atom. The Labute approximate surface area is 127 Å². The lowest BCUT2D eigenvalue weighted by atomic mass is 10.1. The Balaban J connectivity index is 2.24.